The quantitative estimate of drug-likeness (QED) is 0.618. The highest BCUT2D eigenvalue weighted by molar-refractivity contribution is 5.94. The van der Waals surface area contributed by atoms with Gasteiger partial charge in [-0.25, -0.2) is 0 Å². The maximum Gasteiger partial charge on any atom is 0.310 e. The van der Waals surface area contributed by atoms with Gasteiger partial charge in [0.15, 0.2) is 5.78 Å². The number of carbonyl (C=O) groups excluding carboxylic acids is 2. The minimum atomic E-state index is -0.297. The van der Waals surface area contributed by atoms with Crippen LogP contribution in [-0.4, -0.2) is 11.8 Å². The number of hydrogen-bond donors (Lipinski definition) is 0. The normalized spacial score (nSPS) is 10.1. The van der Waals surface area contributed by atoms with Crippen molar-refractivity contribution >= 4 is 11.8 Å². The molecule has 0 aliphatic rings. The fourth-order valence-electron chi connectivity index (χ4n) is 1.86. The smallest absolute Gasteiger partial charge is 0.310 e. The lowest BCUT2D eigenvalue weighted by molar-refractivity contribution is -0.144. The van der Waals surface area contributed by atoms with E-state index in [1.54, 1.807) is 18.2 Å². The molecule has 102 valence electrons. The molecule has 3 nitrogen and oxygen atoms in total. The minimum absolute atomic E-state index is 0.00972. The van der Waals surface area contributed by atoms with Crippen molar-refractivity contribution in [3.05, 3.63) is 71.3 Å². The Labute approximate surface area is 118 Å². The molecule has 0 N–H and O–H groups in total. The Bertz CT molecular complexity index is 603. The third kappa shape index (κ3) is 4.05. The molecule has 0 heterocycles. The molecule has 2 rings (SSSR count). The Balaban J connectivity index is 1.91. The number of ether oxygens (including phenoxy) is 1. The lowest BCUT2D eigenvalue weighted by atomic mass is 10.1. The first-order valence-electron chi connectivity index (χ1n) is 6.44. The summed E-state index contributed by atoms with van der Waals surface area (Å²) in [6, 6.07) is 16.6. The Morgan fingerprint density at radius 1 is 0.950 bits per heavy atom. The zero-order chi connectivity index (χ0) is 14.4. The molecule has 0 aromatic heterocycles. The molecule has 2 aromatic carbocycles. The van der Waals surface area contributed by atoms with Crippen LogP contribution in [0.25, 0.3) is 0 Å². The molecule has 0 amide bonds. The van der Waals surface area contributed by atoms with Gasteiger partial charge in [0.05, 0.1) is 6.42 Å². The molecule has 0 saturated carbocycles. The molecule has 0 spiro atoms. The van der Waals surface area contributed by atoms with Crippen molar-refractivity contribution in [3.63, 3.8) is 0 Å². The van der Waals surface area contributed by atoms with E-state index in [0.29, 0.717) is 5.56 Å². The lowest BCUT2D eigenvalue weighted by Crippen LogP contribution is -2.08. The predicted molar refractivity (Wildman–Crippen MR) is 76.4 cm³/mol. The number of hydrogen-bond acceptors (Lipinski definition) is 3. The van der Waals surface area contributed by atoms with Gasteiger partial charge in [-0.1, -0.05) is 48.5 Å². The molecule has 0 aliphatic heterocycles. The van der Waals surface area contributed by atoms with Crippen molar-refractivity contribution in [2.45, 2.75) is 20.0 Å². The van der Waals surface area contributed by atoms with Crippen LogP contribution in [0, 0.1) is 0 Å². The largest absolute Gasteiger partial charge is 0.461 e. The lowest BCUT2D eigenvalue weighted by Gasteiger charge is -2.06. The van der Waals surface area contributed by atoms with Gasteiger partial charge in [0.25, 0.3) is 0 Å². The van der Waals surface area contributed by atoms with E-state index in [4.69, 9.17) is 4.74 Å². The summed E-state index contributed by atoms with van der Waals surface area (Å²) in [5.41, 5.74) is 2.35. The van der Waals surface area contributed by atoms with E-state index in [0.717, 1.165) is 11.1 Å². The van der Waals surface area contributed by atoms with E-state index >= 15 is 0 Å². The third-order valence-corrected chi connectivity index (χ3v) is 2.92. The molecule has 0 saturated heterocycles. The Hall–Kier alpha value is -2.42. The minimum Gasteiger partial charge on any atom is -0.461 e. The van der Waals surface area contributed by atoms with E-state index < -0.39 is 0 Å². The first-order chi connectivity index (χ1) is 9.65. The van der Waals surface area contributed by atoms with Crippen molar-refractivity contribution < 1.29 is 14.3 Å². The third-order valence-electron chi connectivity index (χ3n) is 2.92. The summed E-state index contributed by atoms with van der Waals surface area (Å²) in [5.74, 6) is -0.306. The second kappa shape index (κ2) is 6.66. The van der Waals surface area contributed by atoms with Gasteiger partial charge in [-0.05, 0) is 24.1 Å². The van der Waals surface area contributed by atoms with Crippen LogP contribution in [0.5, 0.6) is 0 Å². The van der Waals surface area contributed by atoms with Crippen LogP contribution in [-0.2, 0) is 22.6 Å². The van der Waals surface area contributed by atoms with Crippen molar-refractivity contribution in [2.24, 2.45) is 0 Å². The van der Waals surface area contributed by atoms with Crippen LogP contribution in [0.3, 0.4) is 0 Å². The van der Waals surface area contributed by atoms with E-state index in [9.17, 15) is 9.59 Å². The van der Waals surface area contributed by atoms with Gasteiger partial charge in [-0.15, -0.1) is 0 Å². The molecule has 3 heteroatoms. The van der Waals surface area contributed by atoms with Gasteiger partial charge in [0.2, 0.25) is 0 Å². The first-order valence-corrected chi connectivity index (χ1v) is 6.44. The fourth-order valence-corrected chi connectivity index (χ4v) is 1.86. The van der Waals surface area contributed by atoms with Gasteiger partial charge in [0.1, 0.15) is 6.61 Å². The zero-order valence-electron chi connectivity index (χ0n) is 11.3. The number of Topliss-reactive ketones (excluding diaryl/α,β-unsaturated/α-hetero) is 1. The first kappa shape index (κ1) is 14.0. The monoisotopic (exact) mass is 268 g/mol. The maximum absolute atomic E-state index is 11.8. The van der Waals surface area contributed by atoms with Crippen LogP contribution < -0.4 is 0 Å². The number of ketones is 1. The molecule has 0 aliphatic carbocycles. The molecule has 0 atom stereocenters. The number of esters is 1. The average Bonchev–Trinajstić information content (AvgIpc) is 2.46. The average molecular weight is 268 g/mol. The predicted octanol–water partition coefficient (Wildman–Crippen LogP) is 3.18. The van der Waals surface area contributed by atoms with Gasteiger partial charge >= 0.3 is 5.97 Å². The van der Waals surface area contributed by atoms with Crippen molar-refractivity contribution in [3.8, 4) is 0 Å². The SMILES string of the molecule is CC(=O)c1cccc(CC(=O)OCc2ccccc2)c1. The molecule has 0 fully saturated rings. The highest BCUT2D eigenvalue weighted by Crippen LogP contribution is 2.08. The van der Waals surface area contributed by atoms with Gasteiger partial charge in [0, 0.05) is 5.56 Å². The van der Waals surface area contributed by atoms with E-state index in [1.807, 2.05) is 36.4 Å². The molecule has 0 bridgehead atoms. The summed E-state index contributed by atoms with van der Waals surface area (Å²) in [5, 5.41) is 0. The highest BCUT2D eigenvalue weighted by atomic mass is 16.5. The van der Waals surface area contributed by atoms with Crippen LogP contribution in [0.1, 0.15) is 28.4 Å². The standard InChI is InChI=1S/C17H16O3/c1-13(18)16-9-5-8-15(10-16)11-17(19)20-12-14-6-3-2-4-7-14/h2-10H,11-12H2,1H3. The summed E-state index contributed by atoms with van der Waals surface area (Å²) in [6.07, 6.45) is 0.175. The van der Waals surface area contributed by atoms with Crippen LogP contribution in [0.15, 0.2) is 54.6 Å². The second-order valence-corrected chi connectivity index (χ2v) is 4.58. The topological polar surface area (TPSA) is 43.4 Å². The summed E-state index contributed by atoms with van der Waals surface area (Å²) in [7, 11) is 0. The van der Waals surface area contributed by atoms with Crippen molar-refractivity contribution in [2.75, 3.05) is 0 Å². The molecular formula is C17H16O3. The Morgan fingerprint density at radius 2 is 1.65 bits per heavy atom. The van der Waals surface area contributed by atoms with Crippen LogP contribution in [0.2, 0.25) is 0 Å². The maximum atomic E-state index is 11.8. The number of rotatable bonds is 5. The molecule has 0 radical (unpaired) electrons. The second-order valence-electron chi connectivity index (χ2n) is 4.58. The summed E-state index contributed by atoms with van der Waals surface area (Å²) >= 11 is 0. The Kier molecular flexibility index (Phi) is 4.66. The summed E-state index contributed by atoms with van der Waals surface area (Å²) in [6.45, 7) is 1.78. The Morgan fingerprint density at radius 3 is 2.35 bits per heavy atom. The van der Waals surface area contributed by atoms with E-state index in [-0.39, 0.29) is 24.8 Å². The van der Waals surface area contributed by atoms with E-state index in [1.165, 1.54) is 6.92 Å². The molecule has 20 heavy (non-hydrogen) atoms. The zero-order valence-corrected chi connectivity index (χ0v) is 11.3. The molecule has 2 aromatic rings. The number of benzene rings is 2. The van der Waals surface area contributed by atoms with Gasteiger partial charge in [-0.3, -0.25) is 9.59 Å². The summed E-state index contributed by atoms with van der Waals surface area (Å²) in [4.78, 5) is 23.0. The van der Waals surface area contributed by atoms with Crippen molar-refractivity contribution in [1.29, 1.82) is 0 Å². The molecular weight excluding hydrogens is 252 g/mol. The van der Waals surface area contributed by atoms with Gasteiger partial charge in [-0.2, -0.15) is 0 Å². The van der Waals surface area contributed by atoms with Crippen molar-refractivity contribution in [1.82, 2.24) is 0 Å². The molecule has 0 unspecified atom stereocenters. The van der Waals surface area contributed by atoms with Gasteiger partial charge < -0.3 is 4.74 Å². The fraction of sp³-hybridized carbons (Fsp3) is 0.176. The summed E-state index contributed by atoms with van der Waals surface area (Å²) < 4.78 is 5.21. The van der Waals surface area contributed by atoms with Crippen LogP contribution >= 0.6 is 0 Å². The van der Waals surface area contributed by atoms with Crippen LogP contribution in [0.4, 0.5) is 0 Å². The number of carbonyl (C=O) groups is 2. The highest BCUT2D eigenvalue weighted by Gasteiger charge is 2.07. The van der Waals surface area contributed by atoms with E-state index in [2.05, 4.69) is 0 Å².